The van der Waals surface area contributed by atoms with Gasteiger partial charge in [-0.05, 0) is 69.4 Å². The summed E-state index contributed by atoms with van der Waals surface area (Å²) >= 11 is 0. The van der Waals surface area contributed by atoms with Crippen LogP contribution in [0, 0.1) is 0 Å². The molecule has 1 aromatic heterocycles. The van der Waals surface area contributed by atoms with E-state index in [-0.39, 0.29) is 0 Å². The molecule has 1 heterocycles. The van der Waals surface area contributed by atoms with Crippen LogP contribution in [-0.2, 0) is 0 Å². The largest absolute Gasteiger partial charge is 0.454 e. The van der Waals surface area contributed by atoms with Gasteiger partial charge < -0.3 is 9.32 Å². The Balaban J connectivity index is 1.44. The van der Waals surface area contributed by atoms with Gasteiger partial charge in [0.15, 0.2) is 5.58 Å². The molecular weight excluding hydrogens is 510 g/mol. The number of fused-ring (bicyclic) bond motifs is 5. The van der Waals surface area contributed by atoms with Crippen LogP contribution in [0.1, 0.15) is 0 Å². The van der Waals surface area contributed by atoms with Crippen molar-refractivity contribution in [2.24, 2.45) is 0 Å². The summed E-state index contributed by atoms with van der Waals surface area (Å²) in [6.07, 6.45) is 0. The molecule has 0 saturated carbocycles. The standard InChI is InChI=1S/C40H27NO/c1-3-13-28(14-4-1)30-18-11-20-33(25-30)41(34-21-12-19-31(26-34)29-15-5-2-6-16-29)37-27-32-17-7-8-22-35(32)39-36-23-9-10-24-38(36)42-40(37)39/h1-27H. The zero-order valence-electron chi connectivity index (χ0n) is 22.9. The zero-order chi connectivity index (χ0) is 27.9. The first-order chi connectivity index (χ1) is 20.8. The molecule has 0 aliphatic carbocycles. The minimum absolute atomic E-state index is 0.880. The predicted molar refractivity (Wildman–Crippen MR) is 177 cm³/mol. The summed E-state index contributed by atoms with van der Waals surface area (Å²) in [4.78, 5) is 2.34. The molecule has 42 heavy (non-hydrogen) atoms. The lowest BCUT2D eigenvalue weighted by Crippen LogP contribution is -2.10. The quantitative estimate of drug-likeness (QED) is 0.217. The lowest BCUT2D eigenvalue weighted by Gasteiger charge is -2.27. The third kappa shape index (κ3) is 4.13. The van der Waals surface area contributed by atoms with Crippen molar-refractivity contribution in [1.82, 2.24) is 0 Å². The van der Waals surface area contributed by atoms with Crippen LogP contribution in [0.4, 0.5) is 17.1 Å². The molecule has 8 aromatic rings. The van der Waals surface area contributed by atoms with E-state index in [1.807, 2.05) is 6.07 Å². The van der Waals surface area contributed by atoms with Crippen LogP contribution >= 0.6 is 0 Å². The van der Waals surface area contributed by atoms with E-state index in [9.17, 15) is 0 Å². The summed E-state index contributed by atoms with van der Waals surface area (Å²) in [7, 11) is 0. The Morgan fingerprint density at radius 3 is 1.57 bits per heavy atom. The highest BCUT2D eigenvalue weighted by Crippen LogP contribution is 2.46. The van der Waals surface area contributed by atoms with Crippen LogP contribution in [0.5, 0.6) is 0 Å². The fourth-order valence-corrected chi connectivity index (χ4v) is 6.06. The second-order valence-electron chi connectivity index (χ2n) is 10.6. The fourth-order valence-electron chi connectivity index (χ4n) is 6.06. The third-order valence-corrected chi connectivity index (χ3v) is 8.01. The number of rotatable bonds is 5. The molecule has 0 spiro atoms. The summed E-state index contributed by atoms with van der Waals surface area (Å²) in [6, 6.07) is 57.9. The molecule has 0 aliphatic heterocycles. The molecule has 0 unspecified atom stereocenters. The van der Waals surface area contributed by atoms with Crippen molar-refractivity contribution in [2.45, 2.75) is 0 Å². The summed E-state index contributed by atoms with van der Waals surface area (Å²) in [6.45, 7) is 0. The number of hydrogen-bond acceptors (Lipinski definition) is 2. The summed E-state index contributed by atoms with van der Waals surface area (Å²) in [5.41, 5.74) is 9.62. The topological polar surface area (TPSA) is 16.4 Å². The molecule has 0 atom stereocenters. The smallest absolute Gasteiger partial charge is 0.160 e. The van der Waals surface area contributed by atoms with Crippen LogP contribution in [0.25, 0.3) is 55.0 Å². The first-order valence-corrected chi connectivity index (χ1v) is 14.3. The Labute approximate surface area is 244 Å². The van der Waals surface area contributed by atoms with Crippen molar-refractivity contribution in [2.75, 3.05) is 4.90 Å². The number of benzene rings is 7. The second-order valence-corrected chi connectivity index (χ2v) is 10.6. The van der Waals surface area contributed by atoms with Crippen LogP contribution in [0.3, 0.4) is 0 Å². The number of para-hydroxylation sites is 1. The van der Waals surface area contributed by atoms with Crippen molar-refractivity contribution in [1.29, 1.82) is 0 Å². The molecular formula is C40H27NO. The van der Waals surface area contributed by atoms with Crippen molar-refractivity contribution in [3.63, 3.8) is 0 Å². The van der Waals surface area contributed by atoms with Gasteiger partial charge in [0.2, 0.25) is 0 Å². The Morgan fingerprint density at radius 2 is 0.929 bits per heavy atom. The molecule has 0 bridgehead atoms. The van der Waals surface area contributed by atoms with Crippen molar-refractivity contribution < 1.29 is 4.42 Å². The minimum Gasteiger partial charge on any atom is -0.454 e. The molecule has 0 aliphatic rings. The van der Waals surface area contributed by atoms with Crippen molar-refractivity contribution in [3.8, 4) is 22.3 Å². The van der Waals surface area contributed by atoms with Crippen LogP contribution in [-0.4, -0.2) is 0 Å². The van der Waals surface area contributed by atoms with Gasteiger partial charge in [0.05, 0.1) is 5.69 Å². The van der Waals surface area contributed by atoms with Crippen molar-refractivity contribution in [3.05, 3.63) is 164 Å². The number of hydrogen-bond donors (Lipinski definition) is 0. The molecule has 0 N–H and O–H groups in total. The van der Waals surface area contributed by atoms with Crippen LogP contribution in [0.2, 0.25) is 0 Å². The monoisotopic (exact) mass is 537 g/mol. The summed E-state index contributed by atoms with van der Waals surface area (Å²) in [5, 5.41) is 4.64. The lowest BCUT2D eigenvalue weighted by atomic mass is 10.00. The number of nitrogens with zero attached hydrogens (tertiary/aromatic N) is 1. The first-order valence-electron chi connectivity index (χ1n) is 14.3. The van der Waals surface area contributed by atoms with Crippen LogP contribution in [0.15, 0.2) is 168 Å². The Bertz CT molecular complexity index is 2110. The maximum absolute atomic E-state index is 6.70. The van der Waals surface area contributed by atoms with E-state index in [1.165, 1.54) is 33.0 Å². The molecule has 0 fully saturated rings. The minimum atomic E-state index is 0.880. The first kappa shape index (κ1) is 24.2. The van der Waals surface area contributed by atoms with Gasteiger partial charge in [-0.2, -0.15) is 0 Å². The van der Waals surface area contributed by atoms with E-state index in [2.05, 4.69) is 163 Å². The Kier molecular flexibility index (Phi) is 5.82. The van der Waals surface area contributed by atoms with Gasteiger partial charge in [-0.3, -0.25) is 0 Å². The lowest BCUT2D eigenvalue weighted by molar-refractivity contribution is 0.669. The molecule has 0 saturated heterocycles. The van der Waals surface area contributed by atoms with E-state index >= 15 is 0 Å². The van der Waals surface area contributed by atoms with E-state index in [0.29, 0.717) is 0 Å². The Hall–Kier alpha value is -5.60. The van der Waals surface area contributed by atoms with Gasteiger partial charge in [-0.25, -0.2) is 0 Å². The van der Waals surface area contributed by atoms with Gasteiger partial charge in [0, 0.05) is 22.1 Å². The number of furan rings is 1. The van der Waals surface area contributed by atoms with E-state index in [0.717, 1.165) is 39.0 Å². The molecule has 8 rings (SSSR count). The van der Waals surface area contributed by atoms with E-state index in [4.69, 9.17) is 4.42 Å². The highest BCUT2D eigenvalue weighted by atomic mass is 16.3. The Morgan fingerprint density at radius 1 is 0.405 bits per heavy atom. The van der Waals surface area contributed by atoms with E-state index in [1.54, 1.807) is 0 Å². The van der Waals surface area contributed by atoms with Gasteiger partial charge in [-0.1, -0.05) is 127 Å². The molecule has 7 aromatic carbocycles. The van der Waals surface area contributed by atoms with Crippen LogP contribution < -0.4 is 4.90 Å². The average molecular weight is 538 g/mol. The normalized spacial score (nSPS) is 11.3. The summed E-state index contributed by atoms with van der Waals surface area (Å²) < 4.78 is 6.70. The molecule has 0 amide bonds. The van der Waals surface area contributed by atoms with Gasteiger partial charge in [0.25, 0.3) is 0 Å². The van der Waals surface area contributed by atoms with Gasteiger partial charge in [-0.15, -0.1) is 0 Å². The second kappa shape index (κ2) is 10.1. The summed E-state index contributed by atoms with van der Waals surface area (Å²) in [5.74, 6) is 0. The highest BCUT2D eigenvalue weighted by molar-refractivity contribution is 6.23. The molecule has 2 nitrogen and oxygen atoms in total. The maximum atomic E-state index is 6.70. The zero-order valence-corrected chi connectivity index (χ0v) is 22.9. The predicted octanol–water partition coefficient (Wildman–Crippen LogP) is 11.5. The molecule has 0 radical (unpaired) electrons. The van der Waals surface area contributed by atoms with E-state index < -0.39 is 0 Å². The molecule has 198 valence electrons. The average Bonchev–Trinajstić information content (AvgIpc) is 3.46. The number of anilines is 3. The SMILES string of the molecule is c1ccc(-c2cccc(N(c3cccc(-c4ccccc4)c3)c3cc4ccccc4c4c3oc3ccccc34)c2)cc1. The highest BCUT2D eigenvalue weighted by Gasteiger charge is 2.22. The van der Waals surface area contributed by atoms with Gasteiger partial charge >= 0.3 is 0 Å². The van der Waals surface area contributed by atoms with Crippen molar-refractivity contribution >= 4 is 49.8 Å². The third-order valence-electron chi connectivity index (χ3n) is 8.01. The van der Waals surface area contributed by atoms with Gasteiger partial charge in [0.1, 0.15) is 5.58 Å². The maximum Gasteiger partial charge on any atom is 0.160 e. The fraction of sp³-hybridized carbons (Fsp3) is 0. The molecule has 2 heteroatoms.